The molecule has 0 spiro atoms. The highest BCUT2D eigenvalue weighted by Crippen LogP contribution is 2.25. The first-order chi connectivity index (χ1) is 8.55. The zero-order valence-corrected chi connectivity index (χ0v) is 11.7. The van der Waals surface area contributed by atoms with Crippen LogP contribution in [0, 0.1) is 5.82 Å². The fourth-order valence-electron chi connectivity index (χ4n) is 2.43. The maximum atomic E-state index is 13.1. The molecule has 18 heavy (non-hydrogen) atoms. The average Bonchev–Trinajstić information content (AvgIpc) is 2.37. The van der Waals surface area contributed by atoms with Crippen LogP contribution in [-0.4, -0.2) is 30.1 Å². The van der Waals surface area contributed by atoms with Crippen molar-refractivity contribution in [1.29, 1.82) is 0 Å². The van der Waals surface area contributed by atoms with Gasteiger partial charge in [0.1, 0.15) is 5.82 Å². The predicted molar refractivity (Wildman–Crippen MR) is 73.4 cm³/mol. The van der Waals surface area contributed by atoms with Gasteiger partial charge in [-0.15, -0.1) is 0 Å². The van der Waals surface area contributed by atoms with E-state index in [1.54, 1.807) is 6.07 Å². The molecule has 2 rings (SSSR count). The summed E-state index contributed by atoms with van der Waals surface area (Å²) in [5.41, 5.74) is 1.24. The molecule has 1 atom stereocenters. The molecule has 0 bridgehead atoms. The molecule has 1 heterocycles. The third-order valence-electron chi connectivity index (χ3n) is 3.95. The van der Waals surface area contributed by atoms with E-state index in [0.29, 0.717) is 0 Å². The molecular weight excluding hydrogens is 251 g/mol. The lowest BCUT2D eigenvalue weighted by Crippen LogP contribution is -2.58. The van der Waals surface area contributed by atoms with Crippen molar-refractivity contribution in [2.24, 2.45) is 0 Å². The highest BCUT2D eigenvalue weighted by molar-refractivity contribution is 6.30. The lowest BCUT2D eigenvalue weighted by Gasteiger charge is -2.45. The van der Waals surface area contributed by atoms with Crippen LogP contribution in [0.1, 0.15) is 25.8 Å². The van der Waals surface area contributed by atoms with Crippen molar-refractivity contribution in [3.63, 3.8) is 0 Å². The van der Waals surface area contributed by atoms with E-state index in [1.165, 1.54) is 6.07 Å². The maximum Gasteiger partial charge on any atom is 0.141 e. The summed E-state index contributed by atoms with van der Waals surface area (Å²) in [6.45, 7) is 8.32. The lowest BCUT2D eigenvalue weighted by molar-refractivity contribution is 0.0637. The van der Waals surface area contributed by atoms with Crippen molar-refractivity contribution in [3.8, 4) is 0 Å². The molecule has 1 saturated heterocycles. The molecule has 1 aromatic carbocycles. The Balaban J connectivity index is 2.13. The average molecular weight is 271 g/mol. The summed E-state index contributed by atoms with van der Waals surface area (Å²) >= 11 is 5.83. The number of benzene rings is 1. The molecule has 1 aliphatic heterocycles. The van der Waals surface area contributed by atoms with E-state index in [4.69, 9.17) is 11.6 Å². The van der Waals surface area contributed by atoms with Crippen molar-refractivity contribution in [1.82, 2.24) is 10.2 Å². The molecule has 1 N–H and O–H groups in total. The van der Waals surface area contributed by atoms with Gasteiger partial charge < -0.3 is 5.32 Å². The van der Waals surface area contributed by atoms with E-state index < -0.39 is 0 Å². The zero-order chi connectivity index (χ0) is 13.2. The van der Waals surface area contributed by atoms with Crippen LogP contribution in [-0.2, 0) is 6.54 Å². The summed E-state index contributed by atoms with van der Waals surface area (Å²) in [4.78, 5) is 2.45. The monoisotopic (exact) mass is 270 g/mol. The second-order valence-corrected chi connectivity index (χ2v) is 5.60. The zero-order valence-electron chi connectivity index (χ0n) is 11.0. The van der Waals surface area contributed by atoms with Crippen molar-refractivity contribution >= 4 is 11.6 Å². The number of hydrogen-bond donors (Lipinski definition) is 1. The minimum atomic E-state index is -0.348. The predicted octanol–water partition coefficient (Wildman–Crippen LogP) is 3.05. The number of piperazine rings is 1. The summed E-state index contributed by atoms with van der Waals surface area (Å²) in [7, 11) is 0. The lowest BCUT2D eigenvalue weighted by atomic mass is 9.93. The molecule has 100 valence electrons. The molecule has 2 nitrogen and oxygen atoms in total. The van der Waals surface area contributed by atoms with Crippen LogP contribution in [0.2, 0.25) is 5.02 Å². The number of rotatable bonds is 3. The molecule has 4 heteroatoms. The topological polar surface area (TPSA) is 15.3 Å². The second-order valence-electron chi connectivity index (χ2n) is 5.20. The maximum absolute atomic E-state index is 13.1. The summed E-state index contributed by atoms with van der Waals surface area (Å²) in [5.74, 6) is -0.348. The summed E-state index contributed by atoms with van der Waals surface area (Å²) in [5, 5.41) is 3.64. The summed E-state index contributed by atoms with van der Waals surface area (Å²) < 4.78 is 13.1. The van der Waals surface area contributed by atoms with Crippen LogP contribution in [0.4, 0.5) is 4.39 Å². The van der Waals surface area contributed by atoms with Crippen LogP contribution >= 0.6 is 11.6 Å². The Bertz CT molecular complexity index is 424. The van der Waals surface area contributed by atoms with E-state index in [0.717, 1.165) is 38.2 Å². The summed E-state index contributed by atoms with van der Waals surface area (Å²) in [6.07, 6.45) is 1.09. The minimum Gasteiger partial charge on any atom is -0.314 e. The van der Waals surface area contributed by atoms with E-state index >= 15 is 0 Å². The molecule has 0 radical (unpaired) electrons. The van der Waals surface area contributed by atoms with Crippen molar-refractivity contribution in [2.75, 3.05) is 19.6 Å². The van der Waals surface area contributed by atoms with Crippen molar-refractivity contribution in [2.45, 2.75) is 32.4 Å². The van der Waals surface area contributed by atoms with Gasteiger partial charge in [-0.2, -0.15) is 0 Å². The first kappa shape index (κ1) is 13.8. The third-order valence-corrected chi connectivity index (χ3v) is 4.24. The normalized spacial score (nSPS) is 25.3. The molecule has 1 aromatic rings. The Morgan fingerprint density at radius 1 is 1.50 bits per heavy atom. The van der Waals surface area contributed by atoms with E-state index in [-0.39, 0.29) is 16.4 Å². The number of halogens is 2. The van der Waals surface area contributed by atoms with Crippen LogP contribution in [0.15, 0.2) is 18.2 Å². The Hall–Kier alpha value is -0.640. The number of hydrogen-bond acceptors (Lipinski definition) is 2. The van der Waals surface area contributed by atoms with Gasteiger partial charge in [-0.3, -0.25) is 4.90 Å². The molecule has 0 amide bonds. The fraction of sp³-hybridized carbons (Fsp3) is 0.571. The molecule has 0 aromatic heterocycles. The largest absolute Gasteiger partial charge is 0.314 e. The Labute approximate surface area is 113 Å². The first-order valence-electron chi connectivity index (χ1n) is 6.45. The van der Waals surface area contributed by atoms with Gasteiger partial charge >= 0.3 is 0 Å². The Morgan fingerprint density at radius 3 is 2.94 bits per heavy atom. The van der Waals surface area contributed by atoms with Gasteiger partial charge in [0.05, 0.1) is 5.02 Å². The standard InChI is InChI=1S/C14H20ClFN2/c1-3-14(2)10-17-6-7-18(14)9-11-4-5-13(16)12(15)8-11/h4-5,8,17H,3,6-7,9-10H2,1-2H3. The quantitative estimate of drug-likeness (QED) is 0.908. The van der Waals surface area contributed by atoms with Crippen LogP contribution < -0.4 is 5.32 Å². The van der Waals surface area contributed by atoms with Crippen LogP contribution in [0.5, 0.6) is 0 Å². The van der Waals surface area contributed by atoms with Crippen LogP contribution in [0.25, 0.3) is 0 Å². The van der Waals surface area contributed by atoms with Gasteiger partial charge in [-0.1, -0.05) is 24.6 Å². The van der Waals surface area contributed by atoms with E-state index in [9.17, 15) is 4.39 Å². The third kappa shape index (κ3) is 2.85. The molecule has 1 aliphatic rings. The van der Waals surface area contributed by atoms with E-state index in [2.05, 4.69) is 24.1 Å². The molecule has 1 unspecified atom stereocenters. The molecular formula is C14H20ClFN2. The highest BCUT2D eigenvalue weighted by atomic mass is 35.5. The van der Waals surface area contributed by atoms with Gasteiger partial charge in [0, 0.05) is 31.7 Å². The van der Waals surface area contributed by atoms with Gasteiger partial charge in [0.25, 0.3) is 0 Å². The van der Waals surface area contributed by atoms with Crippen molar-refractivity contribution in [3.05, 3.63) is 34.6 Å². The Kier molecular flexibility index (Phi) is 4.25. The summed E-state index contributed by atoms with van der Waals surface area (Å²) in [6, 6.07) is 5.00. The van der Waals surface area contributed by atoms with Gasteiger partial charge in [-0.05, 0) is 31.0 Å². The molecule has 0 aliphatic carbocycles. The van der Waals surface area contributed by atoms with E-state index in [1.807, 2.05) is 6.07 Å². The minimum absolute atomic E-state index is 0.166. The number of nitrogens with zero attached hydrogens (tertiary/aromatic N) is 1. The first-order valence-corrected chi connectivity index (χ1v) is 6.82. The smallest absolute Gasteiger partial charge is 0.141 e. The van der Waals surface area contributed by atoms with Gasteiger partial charge in [0.15, 0.2) is 0 Å². The van der Waals surface area contributed by atoms with Gasteiger partial charge in [-0.25, -0.2) is 4.39 Å². The SMILES string of the molecule is CCC1(C)CNCCN1Cc1ccc(F)c(Cl)c1. The second kappa shape index (κ2) is 5.55. The fourth-order valence-corrected chi connectivity index (χ4v) is 2.63. The molecule has 0 saturated carbocycles. The van der Waals surface area contributed by atoms with Crippen molar-refractivity contribution < 1.29 is 4.39 Å². The Morgan fingerprint density at radius 2 is 2.28 bits per heavy atom. The number of nitrogens with one attached hydrogen (secondary N) is 1. The highest BCUT2D eigenvalue weighted by Gasteiger charge is 2.32. The molecule has 1 fully saturated rings. The van der Waals surface area contributed by atoms with Gasteiger partial charge in [0.2, 0.25) is 0 Å². The van der Waals surface area contributed by atoms with Crippen LogP contribution in [0.3, 0.4) is 0 Å².